The molecule has 120 valence electrons. The van der Waals surface area contributed by atoms with Gasteiger partial charge in [-0.2, -0.15) is 18.2 Å². The van der Waals surface area contributed by atoms with Crippen LogP contribution in [0.5, 0.6) is 0 Å². The van der Waals surface area contributed by atoms with Crippen LogP contribution in [0.1, 0.15) is 18.4 Å². The zero-order valence-corrected chi connectivity index (χ0v) is 11.7. The van der Waals surface area contributed by atoms with Crippen molar-refractivity contribution < 1.29 is 32.2 Å². The first-order valence-corrected chi connectivity index (χ1v) is 6.25. The molecule has 0 aliphatic rings. The lowest BCUT2D eigenvalue weighted by atomic mass is 10.2. The molecule has 0 bridgehead atoms. The Kier molecular flexibility index (Phi) is 6.55. The summed E-state index contributed by atoms with van der Waals surface area (Å²) in [5.74, 6) is -1.10. The van der Waals surface area contributed by atoms with Crippen molar-refractivity contribution in [3.63, 3.8) is 0 Å². The minimum absolute atomic E-state index is 0.100. The second kappa shape index (κ2) is 8.16. The van der Waals surface area contributed by atoms with Crippen molar-refractivity contribution in [2.24, 2.45) is 4.99 Å². The summed E-state index contributed by atoms with van der Waals surface area (Å²) < 4.78 is 45.6. The van der Waals surface area contributed by atoms with Gasteiger partial charge in [-0.05, 0) is 5.56 Å². The van der Waals surface area contributed by atoms with Crippen LogP contribution in [0, 0.1) is 0 Å². The van der Waals surface area contributed by atoms with Gasteiger partial charge in [-0.15, -0.1) is 0 Å². The average molecular weight is 317 g/mol. The van der Waals surface area contributed by atoms with E-state index in [-0.39, 0.29) is 6.61 Å². The number of nitrogens with zero attached hydrogens (tertiary/aromatic N) is 1. The smallest absolute Gasteiger partial charge is 0.434 e. The summed E-state index contributed by atoms with van der Waals surface area (Å²) in [5.41, 5.74) is 0.0545. The van der Waals surface area contributed by atoms with E-state index in [4.69, 9.17) is 4.74 Å². The number of carbonyl (C=O) groups is 2. The summed E-state index contributed by atoms with van der Waals surface area (Å²) in [7, 11) is 0.987. The van der Waals surface area contributed by atoms with Crippen LogP contribution < -0.4 is 0 Å². The first kappa shape index (κ1) is 17.7. The molecule has 1 amide bonds. The Hall–Kier alpha value is -2.38. The first-order chi connectivity index (χ1) is 10.3. The average Bonchev–Trinajstić information content (AvgIpc) is 2.48. The van der Waals surface area contributed by atoms with Crippen LogP contribution in [0.25, 0.3) is 0 Å². The number of aliphatic imine (C=N–C) groups is 1. The van der Waals surface area contributed by atoms with Crippen molar-refractivity contribution in [1.82, 2.24) is 0 Å². The fraction of sp³-hybridized carbons (Fsp3) is 0.357. The number of hydrogen-bond acceptors (Lipinski definition) is 4. The highest BCUT2D eigenvalue weighted by Crippen LogP contribution is 2.21. The van der Waals surface area contributed by atoms with Gasteiger partial charge in [0.25, 0.3) is 0 Å². The maximum Gasteiger partial charge on any atom is 0.434 e. The van der Waals surface area contributed by atoms with Crippen molar-refractivity contribution in [3.05, 3.63) is 35.9 Å². The highest BCUT2D eigenvalue weighted by atomic mass is 19.4. The largest absolute Gasteiger partial charge is 0.465 e. The third kappa shape index (κ3) is 6.87. The predicted molar refractivity (Wildman–Crippen MR) is 71.4 cm³/mol. The van der Waals surface area contributed by atoms with Gasteiger partial charge < -0.3 is 9.47 Å². The van der Waals surface area contributed by atoms with E-state index >= 15 is 0 Å². The van der Waals surface area contributed by atoms with E-state index in [0.717, 1.165) is 7.11 Å². The second-order valence-corrected chi connectivity index (χ2v) is 4.21. The summed E-state index contributed by atoms with van der Waals surface area (Å²) in [6.45, 7) is -0.100. The number of methoxy groups -OCH3 is 1. The van der Waals surface area contributed by atoms with Gasteiger partial charge in [0.2, 0.25) is 0 Å². The molecule has 5 nitrogen and oxygen atoms in total. The number of amides is 1. The monoisotopic (exact) mass is 317 g/mol. The molecule has 0 spiro atoms. The van der Waals surface area contributed by atoms with Gasteiger partial charge in [0.15, 0.2) is 0 Å². The lowest BCUT2D eigenvalue weighted by Crippen LogP contribution is -2.21. The molecule has 0 N–H and O–H groups in total. The minimum atomic E-state index is -4.47. The van der Waals surface area contributed by atoms with Crippen LogP contribution in [0.3, 0.4) is 0 Å². The van der Waals surface area contributed by atoms with Gasteiger partial charge in [0, 0.05) is 12.8 Å². The molecular formula is C14H14F3NO4. The number of halogens is 3. The fourth-order valence-electron chi connectivity index (χ4n) is 1.44. The van der Waals surface area contributed by atoms with E-state index in [0.29, 0.717) is 5.56 Å². The molecule has 0 atom stereocenters. The van der Waals surface area contributed by atoms with E-state index in [2.05, 4.69) is 9.73 Å². The van der Waals surface area contributed by atoms with Crippen molar-refractivity contribution in [2.45, 2.75) is 25.6 Å². The van der Waals surface area contributed by atoms with Crippen molar-refractivity contribution in [1.29, 1.82) is 0 Å². The Bertz CT molecular complexity index is 541. The highest BCUT2D eigenvalue weighted by Gasteiger charge is 2.29. The molecule has 0 fully saturated rings. The van der Waals surface area contributed by atoms with Gasteiger partial charge in [0.1, 0.15) is 12.3 Å². The Morgan fingerprint density at radius 3 is 2.36 bits per heavy atom. The number of rotatable bonds is 5. The fourth-order valence-corrected chi connectivity index (χ4v) is 1.44. The molecule has 0 aliphatic heterocycles. The zero-order chi connectivity index (χ0) is 16.6. The van der Waals surface area contributed by atoms with Gasteiger partial charge in [0.05, 0.1) is 7.11 Å². The van der Waals surface area contributed by atoms with E-state index in [1.807, 2.05) is 0 Å². The number of esters is 1. The maximum atomic E-state index is 12.2. The summed E-state index contributed by atoms with van der Waals surface area (Å²) in [4.78, 5) is 26.0. The molecular weight excluding hydrogens is 303 g/mol. The van der Waals surface area contributed by atoms with E-state index in [1.54, 1.807) is 30.3 Å². The molecule has 0 aromatic heterocycles. The Labute approximate surface area is 124 Å². The molecule has 8 heteroatoms. The molecule has 0 saturated carbocycles. The number of ether oxygens (including phenoxy) is 2. The van der Waals surface area contributed by atoms with Crippen molar-refractivity contribution in [3.8, 4) is 0 Å². The summed E-state index contributed by atoms with van der Waals surface area (Å²) in [5, 5.41) is 0. The molecule has 1 rings (SSSR count). The Morgan fingerprint density at radius 1 is 1.18 bits per heavy atom. The summed E-state index contributed by atoms with van der Waals surface area (Å²) in [6, 6.07) is 8.63. The highest BCUT2D eigenvalue weighted by molar-refractivity contribution is 6.37. The molecule has 0 saturated heterocycles. The molecule has 1 aromatic rings. The van der Waals surface area contributed by atoms with E-state index in [9.17, 15) is 22.8 Å². The predicted octanol–water partition coefficient (Wildman–Crippen LogP) is 3.28. The number of benzene rings is 1. The van der Waals surface area contributed by atoms with Crippen LogP contribution in [0.15, 0.2) is 35.3 Å². The standard InChI is InChI=1S/C14H14F3NO4/c1-21-12(19)11(7-8-14(15,16)17)18-13(20)22-9-10-5-3-2-4-6-10/h2-6H,7-9H2,1H3. The van der Waals surface area contributed by atoms with Crippen molar-refractivity contribution in [2.75, 3.05) is 7.11 Å². The topological polar surface area (TPSA) is 65.0 Å². The molecule has 22 heavy (non-hydrogen) atoms. The van der Waals surface area contributed by atoms with Crippen LogP contribution in [-0.2, 0) is 20.9 Å². The van der Waals surface area contributed by atoms with Crippen LogP contribution in [0.2, 0.25) is 0 Å². The molecule has 0 aliphatic carbocycles. The quantitative estimate of drug-likeness (QED) is 0.617. The lowest BCUT2D eigenvalue weighted by Gasteiger charge is -2.07. The molecule has 0 heterocycles. The maximum absolute atomic E-state index is 12.2. The number of carbonyl (C=O) groups excluding carboxylic acids is 2. The van der Waals surface area contributed by atoms with Crippen LogP contribution in [-0.4, -0.2) is 31.1 Å². The van der Waals surface area contributed by atoms with E-state index < -0.39 is 36.8 Å². The summed E-state index contributed by atoms with van der Waals surface area (Å²) >= 11 is 0. The van der Waals surface area contributed by atoms with E-state index in [1.165, 1.54) is 0 Å². The molecule has 1 aromatic carbocycles. The molecule has 0 radical (unpaired) electrons. The van der Waals surface area contributed by atoms with Gasteiger partial charge in [-0.25, -0.2) is 9.59 Å². The number of hydrogen-bond donors (Lipinski definition) is 0. The van der Waals surface area contributed by atoms with Gasteiger partial charge in [-0.3, -0.25) is 0 Å². The van der Waals surface area contributed by atoms with Crippen molar-refractivity contribution >= 4 is 17.8 Å². The third-order valence-electron chi connectivity index (χ3n) is 2.50. The Balaban J connectivity index is 2.65. The first-order valence-electron chi connectivity index (χ1n) is 6.25. The van der Waals surface area contributed by atoms with Gasteiger partial charge >= 0.3 is 18.2 Å². The van der Waals surface area contributed by atoms with Gasteiger partial charge in [-0.1, -0.05) is 30.3 Å². The number of alkyl halides is 3. The minimum Gasteiger partial charge on any atom is -0.465 e. The normalized spacial score (nSPS) is 11.9. The third-order valence-corrected chi connectivity index (χ3v) is 2.50. The SMILES string of the molecule is COC(=O)C(CCC(F)(F)F)=NC(=O)OCc1ccccc1. The zero-order valence-electron chi connectivity index (χ0n) is 11.7. The Morgan fingerprint density at radius 2 is 1.82 bits per heavy atom. The van der Waals surface area contributed by atoms with Crippen LogP contribution in [0.4, 0.5) is 18.0 Å². The van der Waals surface area contributed by atoms with Crippen LogP contribution >= 0.6 is 0 Å². The molecule has 0 unspecified atom stereocenters. The summed E-state index contributed by atoms with van der Waals surface area (Å²) in [6.07, 6.45) is -7.65. The lowest BCUT2D eigenvalue weighted by molar-refractivity contribution is -0.135. The second-order valence-electron chi connectivity index (χ2n) is 4.21.